The first-order chi connectivity index (χ1) is 7.15. The van der Waals surface area contributed by atoms with Crippen LogP contribution in [0.4, 0.5) is 11.6 Å². The molecule has 0 atom stereocenters. The van der Waals surface area contributed by atoms with Gasteiger partial charge in [-0.2, -0.15) is 5.26 Å². The first-order valence-corrected chi connectivity index (χ1v) is 4.86. The van der Waals surface area contributed by atoms with Crippen LogP contribution in [-0.2, 0) is 0 Å². The number of aromatic nitrogens is 2. The number of anilines is 2. The Morgan fingerprint density at radius 1 is 1.47 bits per heavy atom. The molecule has 0 saturated carbocycles. The summed E-state index contributed by atoms with van der Waals surface area (Å²) in [6, 6.07) is 2.41. The molecule has 0 unspecified atom stereocenters. The zero-order chi connectivity index (χ0) is 11.3. The van der Waals surface area contributed by atoms with E-state index in [9.17, 15) is 0 Å². The second kappa shape index (κ2) is 5.15. The van der Waals surface area contributed by atoms with Crippen LogP contribution < -0.4 is 10.6 Å². The zero-order valence-corrected chi connectivity index (χ0v) is 9.01. The number of nitrogen functional groups attached to an aromatic ring is 1. The van der Waals surface area contributed by atoms with Crippen LogP contribution in [0, 0.1) is 11.3 Å². The summed E-state index contributed by atoms with van der Waals surface area (Å²) in [4.78, 5) is 10.2. The summed E-state index contributed by atoms with van der Waals surface area (Å²) < 4.78 is 0. The number of hydrogen-bond acceptors (Lipinski definition) is 5. The van der Waals surface area contributed by atoms with Crippen LogP contribution in [0.1, 0.15) is 20.3 Å². The van der Waals surface area contributed by atoms with Crippen molar-refractivity contribution in [2.24, 2.45) is 0 Å². The predicted molar refractivity (Wildman–Crippen MR) is 59.2 cm³/mol. The molecule has 0 aliphatic carbocycles. The normalized spacial score (nSPS) is 10.0. The minimum atomic E-state index is 0.288. The quantitative estimate of drug-likeness (QED) is 0.798. The van der Waals surface area contributed by atoms with Gasteiger partial charge >= 0.3 is 0 Å². The maximum Gasteiger partial charge on any atom is 0.147 e. The molecule has 5 heteroatoms. The Kier molecular flexibility index (Phi) is 3.86. The van der Waals surface area contributed by atoms with Gasteiger partial charge in [-0.3, -0.25) is 0 Å². The smallest absolute Gasteiger partial charge is 0.147 e. The van der Waals surface area contributed by atoms with Crippen LogP contribution in [-0.4, -0.2) is 22.6 Å². The van der Waals surface area contributed by atoms with Gasteiger partial charge in [-0.05, 0) is 13.8 Å². The van der Waals surface area contributed by atoms with E-state index in [1.807, 2.05) is 4.90 Å². The van der Waals surface area contributed by atoms with E-state index < -0.39 is 0 Å². The Morgan fingerprint density at radius 2 is 2.20 bits per heavy atom. The van der Waals surface area contributed by atoms with E-state index in [2.05, 4.69) is 29.9 Å². The van der Waals surface area contributed by atoms with Crippen molar-refractivity contribution in [3.63, 3.8) is 0 Å². The van der Waals surface area contributed by atoms with Gasteiger partial charge in [-0.1, -0.05) is 0 Å². The summed E-state index contributed by atoms with van der Waals surface area (Å²) in [7, 11) is 0. The van der Waals surface area contributed by atoms with Crippen LogP contribution in [0.5, 0.6) is 0 Å². The lowest BCUT2D eigenvalue weighted by atomic mass is 10.3. The summed E-state index contributed by atoms with van der Waals surface area (Å²) in [5.41, 5.74) is 5.46. The summed E-state index contributed by atoms with van der Waals surface area (Å²) in [6.07, 6.45) is 3.63. The maximum atomic E-state index is 8.56. The number of nitrogens with zero attached hydrogens (tertiary/aromatic N) is 4. The monoisotopic (exact) mass is 205 g/mol. The van der Waals surface area contributed by atoms with Gasteiger partial charge in [-0.25, -0.2) is 9.97 Å². The average molecular weight is 205 g/mol. The lowest BCUT2D eigenvalue weighted by molar-refractivity contribution is 0.675. The van der Waals surface area contributed by atoms with E-state index in [0.29, 0.717) is 18.8 Å². The van der Waals surface area contributed by atoms with Crippen LogP contribution in [0.15, 0.2) is 12.4 Å². The molecule has 0 aliphatic rings. The van der Waals surface area contributed by atoms with Crippen LogP contribution in [0.25, 0.3) is 0 Å². The van der Waals surface area contributed by atoms with E-state index >= 15 is 0 Å². The zero-order valence-electron chi connectivity index (χ0n) is 9.01. The van der Waals surface area contributed by atoms with E-state index in [-0.39, 0.29) is 6.04 Å². The lowest BCUT2D eigenvalue weighted by Crippen LogP contribution is -2.32. The van der Waals surface area contributed by atoms with Gasteiger partial charge in [0, 0.05) is 12.6 Å². The van der Waals surface area contributed by atoms with Gasteiger partial charge in [0.05, 0.1) is 24.9 Å². The minimum absolute atomic E-state index is 0.288. The highest BCUT2D eigenvalue weighted by Gasteiger charge is 2.11. The van der Waals surface area contributed by atoms with Crippen LogP contribution in [0.3, 0.4) is 0 Å². The van der Waals surface area contributed by atoms with Gasteiger partial charge in [-0.15, -0.1) is 0 Å². The van der Waals surface area contributed by atoms with Crippen LogP contribution >= 0.6 is 0 Å². The van der Waals surface area contributed by atoms with E-state index in [1.54, 1.807) is 6.20 Å². The van der Waals surface area contributed by atoms with Crippen molar-refractivity contribution in [1.82, 2.24) is 9.97 Å². The number of nitriles is 1. The van der Waals surface area contributed by atoms with Crippen molar-refractivity contribution in [3.8, 4) is 6.07 Å². The van der Waals surface area contributed by atoms with E-state index in [4.69, 9.17) is 11.0 Å². The number of hydrogen-bond donors (Lipinski definition) is 1. The van der Waals surface area contributed by atoms with Crippen LogP contribution in [0.2, 0.25) is 0 Å². The summed E-state index contributed by atoms with van der Waals surface area (Å²) in [5, 5.41) is 8.56. The molecule has 1 aromatic rings. The molecule has 5 nitrogen and oxygen atoms in total. The largest absolute Gasteiger partial charge is 0.382 e. The Morgan fingerprint density at radius 3 is 2.67 bits per heavy atom. The molecule has 80 valence electrons. The fourth-order valence-corrected chi connectivity index (χ4v) is 1.29. The molecule has 1 aromatic heterocycles. The fourth-order valence-electron chi connectivity index (χ4n) is 1.29. The third-order valence-electron chi connectivity index (χ3n) is 2.04. The number of nitrogens with two attached hydrogens (primary N) is 1. The van der Waals surface area contributed by atoms with Crippen molar-refractivity contribution < 1.29 is 0 Å². The standard InChI is InChI=1S/C10H15N5/c1-8(2)15(5-3-4-11)10-7-13-9(12)6-14-10/h6-8H,3,5H2,1-2H3,(H2,12,13). The topological polar surface area (TPSA) is 78.8 Å². The highest BCUT2D eigenvalue weighted by molar-refractivity contribution is 5.40. The molecular formula is C10H15N5. The average Bonchev–Trinajstić information content (AvgIpc) is 2.21. The Labute approximate surface area is 89.6 Å². The molecule has 2 N–H and O–H groups in total. The SMILES string of the molecule is CC(C)N(CCC#N)c1cnc(N)cn1. The third kappa shape index (κ3) is 3.09. The highest BCUT2D eigenvalue weighted by atomic mass is 15.2. The molecule has 15 heavy (non-hydrogen) atoms. The molecular weight excluding hydrogens is 190 g/mol. The molecule has 0 spiro atoms. The highest BCUT2D eigenvalue weighted by Crippen LogP contribution is 2.13. The Hall–Kier alpha value is -1.83. The lowest BCUT2D eigenvalue weighted by Gasteiger charge is -2.26. The second-order valence-electron chi connectivity index (χ2n) is 3.49. The van der Waals surface area contributed by atoms with E-state index in [0.717, 1.165) is 5.82 Å². The second-order valence-corrected chi connectivity index (χ2v) is 3.49. The molecule has 1 rings (SSSR count). The molecule has 1 heterocycles. The van der Waals surface area contributed by atoms with Gasteiger partial charge < -0.3 is 10.6 Å². The molecule has 0 aliphatic heterocycles. The van der Waals surface area contributed by atoms with Gasteiger partial charge in [0.2, 0.25) is 0 Å². The first kappa shape index (κ1) is 11.2. The minimum Gasteiger partial charge on any atom is -0.382 e. The third-order valence-corrected chi connectivity index (χ3v) is 2.04. The summed E-state index contributed by atoms with van der Waals surface area (Å²) >= 11 is 0. The molecule has 0 amide bonds. The van der Waals surface area contributed by atoms with Gasteiger partial charge in [0.25, 0.3) is 0 Å². The predicted octanol–water partition coefficient (Wildman–Crippen LogP) is 1.19. The Balaban J connectivity index is 2.80. The van der Waals surface area contributed by atoms with Crippen molar-refractivity contribution >= 4 is 11.6 Å². The van der Waals surface area contributed by atoms with E-state index in [1.165, 1.54) is 6.20 Å². The van der Waals surface area contributed by atoms with Crippen molar-refractivity contribution in [3.05, 3.63) is 12.4 Å². The summed E-state index contributed by atoms with van der Waals surface area (Å²) in [6.45, 7) is 4.76. The Bertz CT molecular complexity index is 338. The molecule has 0 bridgehead atoms. The van der Waals surface area contributed by atoms with Crippen molar-refractivity contribution in [2.45, 2.75) is 26.3 Å². The maximum absolute atomic E-state index is 8.56. The first-order valence-electron chi connectivity index (χ1n) is 4.86. The molecule has 0 saturated heterocycles. The summed E-state index contributed by atoms with van der Waals surface area (Å²) in [5.74, 6) is 1.16. The molecule has 0 radical (unpaired) electrons. The fraction of sp³-hybridized carbons (Fsp3) is 0.500. The van der Waals surface area contributed by atoms with Gasteiger partial charge in [0.1, 0.15) is 11.6 Å². The number of rotatable bonds is 4. The van der Waals surface area contributed by atoms with Gasteiger partial charge in [0.15, 0.2) is 0 Å². The van der Waals surface area contributed by atoms with Crippen molar-refractivity contribution in [1.29, 1.82) is 5.26 Å². The molecule has 0 fully saturated rings. The molecule has 0 aromatic carbocycles. The van der Waals surface area contributed by atoms with Crippen molar-refractivity contribution in [2.75, 3.05) is 17.2 Å².